The van der Waals surface area contributed by atoms with Crippen LogP contribution in [0.1, 0.15) is 51.1 Å². The second kappa shape index (κ2) is 9.51. The van der Waals surface area contributed by atoms with Crippen LogP contribution in [0.4, 0.5) is 0 Å². The normalized spacial score (nSPS) is 12.6. The van der Waals surface area contributed by atoms with Crippen molar-refractivity contribution < 1.29 is 0 Å². The van der Waals surface area contributed by atoms with Crippen molar-refractivity contribution in [1.82, 2.24) is 10.3 Å². The zero-order valence-electron chi connectivity index (χ0n) is 11.6. The van der Waals surface area contributed by atoms with Gasteiger partial charge in [0.2, 0.25) is 0 Å². The number of pyridine rings is 1. The van der Waals surface area contributed by atoms with Crippen molar-refractivity contribution in [3.8, 4) is 0 Å². The van der Waals surface area contributed by atoms with E-state index in [2.05, 4.69) is 52.3 Å². The van der Waals surface area contributed by atoms with Crippen LogP contribution in [-0.4, -0.2) is 18.1 Å². The van der Waals surface area contributed by atoms with Gasteiger partial charge in [-0.1, -0.05) is 39.0 Å². The summed E-state index contributed by atoms with van der Waals surface area (Å²) in [5, 5.41) is 3.40. The molecule has 1 heterocycles. The van der Waals surface area contributed by atoms with E-state index in [4.69, 9.17) is 0 Å². The maximum Gasteiger partial charge on any atom is 0.0419 e. The molecule has 0 spiro atoms. The van der Waals surface area contributed by atoms with Crippen LogP contribution in [0.2, 0.25) is 0 Å². The molecule has 0 fully saturated rings. The summed E-state index contributed by atoms with van der Waals surface area (Å²) in [4.78, 5) is 4.44. The zero-order chi connectivity index (χ0) is 13.2. The summed E-state index contributed by atoms with van der Waals surface area (Å²) in [6.45, 7) is 2.26. The summed E-state index contributed by atoms with van der Waals surface area (Å²) in [5.74, 6) is 0. The van der Waals surface area contributed by atoms with Crippen LogP contribution >= 0.6 is 15.9 Å². The second-order valence-corrected chi connectivity index (χ2v) is 5.78. The van der Waals surface area contributed by atoms with Gasteiger partial charge in [0.15, 0.2) is 0 Å². The van der Waals surface area contributed by atoms with Crippen molar-refractivity contribution in [1.29, 1.82) is 0 Å². The third kappa shape index (κ3) is 6.50. The number of rotatable bonds is 9. The van der Waals surface area contributed by atoms with Crippen molar-refractivity contribution in [2.24, 2.45) is 0 Å². The molecular weight excluding hydrogens is 288 g/mol. The highest BCUT2D eigenvalue weighted by atomic mass is 79.9. The van der Waals surface area contributed by atoms with Crippen molar-refractivity contribution in [3.63, 3.8) is 0 Å². The lowest BCUT2D eigenvalue weighted by molar-refractivity contribution is 0.478. The monoisotopic (exact) mass is 312 g/mol. The Hall–Kier alpha value is -0.410. The predicted octanol–water partition coefficient (Wildman–Crippen LogP) is 4.34. The van der Waals surface area contributed by atoms with Gasteiger partial charge in [-0.2, -0.15) is 0 Å². The molecule has 18 heavy (non-hydrogen) atoms. The third-order valence-corrected chi connectivity index (χ3v) is 3.78. The first-order chi connectivity index (χ1) is 8.76. The van der Waals surface area contributed by atoms with Crippen molar-refractivity contribution >= 4 is 15.9 Å². The van der Waals surface area contributed by atoms with Crippen LogP contribution < -0.4 is 5.32 Å². The highest BCUT2D eigenvalue weighted by molar-refractivity contribution is 9.10. The minimum atomic E-state index is 0.556. The summed E-state index contributed by atoms with van der Waals surface area (Å²) in [7, 11) is 2.05. The van der Waals surface area contributed by atoms with Crippen LogP contribution in [-0.2, 0) is 6.42 Å². The van der Waals surface area contributed by atoms with Gasteiger partial charge >= 0.3 is 0 Å². The van der Waals surface area contributed by atoms with Gasteiger partial charge in [-0.3, -0.25) is 4.98 Å². The number of halogens is 1. The van der Waals surface area contributed by atoms with Gasteiger partial charge in [0.05, 0.1) is 0 Å². The molecule has 0 radical (unpaired) electrons. The molecule has 1 aromatic heterocycles. The Morgan fingerprint density at radius 3 is 2.61 bits per heavy atom. The molecule has 1 atom stereocenters. The molecule has 0 aliphatic rings. The summed E-state index contributed by atoms with van der Waals surface area (Å²) in [5.41, 5.74) is 1.17. The fourth-order valence-electron chi connectivity index (χ4n) is 2.12. The van der Waals surface area contributed by atoms with E-state index in [1.165, 1.54) is 44.2 Å². The largest absolute Gasteiger partial charge is 0.317 e. The topological polar surface area (TPSA) is 24.9 Å². The number of hydrogen-bond donors (Lipinski definition) is 1. The average Bonchev–Trinajstić information content (AvgIpc) is 2.39. The first-order valence-electron chi connectivity index (χ1n) is 7.04. The van der Waals surface area contributed by atoms with Crippen LogP contribution in [0.15, 0.2) is 22.8 Å². The molecule has 102 valence electrons. The molecule has 0 aromatic carbocycles. The fraction of sp³-hybridized carbons (Fsp3) is 0.667. The minimum Gasteiger partial charge on any atom is -0.317 e. The van der Waals surface area contributed by atoms with Gasteiger partial charge in [-0.05, 0) is 41.5 Å². The minimum absolute atomic E-state index is 0.556. The zero-order valence-corrected chi connectivity index (χ0v) is 13.2. The Morgan fingerprint density at radius 1 is 1.22 bits per heavy atom. The molecule has 0 amide bonds. The molecule has 1 aromatic rings. The maximum absolute atomic E-state index is 4.44. The fourth-order valence-corrected chi connectivity index (χ4v) is 2.36. The predicted molar refractivity (Wildman–Crippen MR) is 81.9 cm³/mol. The molecule has 1 unspecified atom stereocenters. The quantitative estimate of drug-likeness (QED) is 0.686. The van der Waals surface area contributed by atoms with Gasteiger partial charge in [-0.25, -0.2) is 0 Å². The van der Waals surface area contributed by atoms with Gasteiger partial charge in [0.1, 0.15) is 0 Å². The molecule has 0 aliphatic heterocycles. The Labute approximate surface area is 120 Å². The first-order valence-corrected chi connectivity index (χ1v) is 7.83. The summed E-state index contributed by atoms with van der Waals surface area (Å²) in [6, 6.07) is 4.72. The molecule has 2 nitrogen and oxygen atoms in total. The standard InChI is InChI=1S/C15H25BrN2/c1-3-4-5-6-7-8-14(17-2)11-15-10-9-13(16)12-18-15/h9-10,12,14,17H,3-8,11H2,1-2H3. The molecular formula is C15H25BrN2. The van der Waals surface area contributed by atoms with Gasteiger partial charge in [0.25, 0.3) is 0 Å². The van der Waals surface area contributed by atoms with E-state index >= 15 is 0 Å². The SMILES string of the molecule is CCCCCCCC(Cc1ccc(Br)cn1)NC. The lowest BCUT2D eigenvalue weighted by Gasteiger charge is -2.15. The molecule has 0 aliphatic carbocycles. The van der Waals surface area contributed by atoms with Gasteiger partial charge in [0, 0.05) is 28.8 Å². The van der Waals surface area contributed by atoms with Crippen LogP contribution in [0.5, 0.6) is 0 Å². The molecule has 1 rings (SSSR count). The maximum atomic E-state index is 4.44. The highest BCUT2D eigenvalue weighted by Gasteiger charge is 2.07. The van der Waals surface area contributed by atoms with Crippen LogP contribution in [0.3, 0.4) is 0 Å². The Balaban J connectivity index is 2.26. The summed E-state index contributed by atoms with van der Waals surface area (Å²) < 4.78 is 1.05. The molecule has 3 heteroatoms. The Bertz CT molecular complexity index is 311. The highest BCUT2D eigenvalue weighted by Crippen LogP contribution is 2.12. The van der Waals surface area contributed by atoms with Crippen molar-refractivity contribution in [2.75, 3.05) is 7.05 Å². The van der Waals surface area contributed by atoms with Crippen LogP contribution in [0.25, 0.3) is 0 Å². The molecule has 1 N–H and O–H groups in total. The molecule has 0 bridgehead atoms. The van der Waals surface area contributed by atoms with E-state index in [0.29, 0.717) is 6.04 Å². The number of likely N-dealkylation sites (N-methyl/N-ethyl adjacent to an activating group) is 1. The Kier molecular flexibility index (Phi) is 8.27. The van der Waals surface area contributed by atoms with Gasteiger partial charge in [-0.15, -0.1) is 0 Å². The first kappa shape index (κ1) is 15.6. The summed E-state index contributed by atoms with van der Waals surface area (Å²) >= 11 is 3.42. The van der Waals surface area contributed by atoms with Crippen molar-refractivity contribution in [3.05, 3.63) is 28.5 Å². The number of unbranched alkanes of at least 4 members (excludes halogenated alkanes) is 4. The smallest absolute Gasteiger partial charge is 0.0419 e. The van der Waals surface area contributed by atoms with E-state index in [-0.39, 0.29) is 0 Å². The lowest BCUT2D eigenvalue weighted by atomic mass is 10.0. The second-order valence-electron chi connectivity index (χ2n) is 4.86. The van der Waals surface area contributed by atoms with Gasteiger partial charge < -0.3 is 5.32 Å². The number of aromatic nitrogens is 1. The molecule has 0 saturated carbocycles. The van der Waals surface area contributed by atoms with E-state index in [0.717, 1.165) is 10.9 Å². The molecule has 0 saturated heterocycles. The van der Waals surface area contributed by atoms with E-state index in [1.807, 2.05) is 6.20 Å². The van der Waals surface area contributed by atoms with E-state index in [1.54, 1.807) is 0 Å². The number of hydrogen-bond acceptors (Lipinski definition) is 2. The third-order valence-electron chi connectivity index (χ3n) is 3.31. The average molecular weight is 313 g/mol. The summed E-state index contributed by atoms with van der Waals surface area (Å²) in [6.07, 6.45) is 10.9. The van der Waals surface area contributed by atoms with E-state index in [9.17, 15) is 0 Å². The number of nitrogens with zero attached hydrogens (tertiary/aromatic N) is 1. The Morgan fingerprint density at radius 2 is 2.00 bits per heavy atom. The number of nitrogens with one attached hydrogen (secondary N) is 1. The van der Waals surface area contributed by atoms with Crippen molar-refractivity contribution in [2.45, 2.75) is 57.9 Å². The lowest BCUT2D eigenvalue weighted by Crippen LogP contribution is -2.27. The van der Waals surface area contributed by atoms with E-state index < -0.39 is 0 Å². The van der Waals surface area contributed by atoms with Crippen LogP contribution in [0, 0.1) is 0 Å².